The minimum atomic E-state index is 0.0484. The molecule has 2 rings (SSSR count). The number of likely N-dealkylation sites (tertiary alicyclic amines) is 1. The van der Waals surface area contributed by atoms with E-state index in [0.717, 1.165) is 25.1 Å². The molecule has 1 aliphatic heterocycles. The highest BCUT2D eigenvalue weighted by Crippen LogP contribution is 2.24. The number of hydrogen-bond donors (Lipinski definition) is 0. The number of benzene rings is 1. The van der Waals surface area contributed by atoms with Crippen LogP contribution in [-0.4, -0.2) is 29.3 Å². The Hall–Kier alpha value is -0.730. The number of hydrogen-bond acceptors (Lipinski definition) is 1. The third-order valence-electron chi connectivity index (χ3n) is 3.51. The van der Waals surface area contributed by atoms with E-state index in [1.54, 1.807) is 6.07 Å². The molecule has 98 valence electrons. The van der Waals surface area contributed by atoms with E-state index >= 15 is 0 Å². The molecule has 18 heavy (non-hydrogen) atoms. The molecular weight excluding hydrogens is 269 g/mol. The molecule has 1 amide bonds. The second-order valence-corrected chi connectivity index (χ2v) is 5.96. The first kappa shape index (κ1) is 13.7. The van der Waals surface area contributed by atoms with Gasteiger partial charge in [0.05, 0.1) is 0 Å². The monoisotopic (exact) mass is 285 g/mol. The van der Waals surface area contributed by atoms with Crippen molar-refractivity contribution in [3.05, 3.63) is 34.3 Å². The lowest BCUT2D eigenvalue weighted by Gasteiger charge is -2.34. The molecule has 1 aliphatic rings. The van der Waals surface area contributed by atoms with Crippen molar-refractivity contribution in [1.82, 2.24) is 4.90 Å². The van der Waals surface area contributed by atoms with Crippen molar-refractivity contribution in [1.29, 1.82) is 0 Å². The number of amides is 1. The molecule has 0 saturated carbocycles. The van der Waals surface area contributed by atoms with Gasteiger partial charge in [-0.05, 0) is 37.0 Å². The third kappa shape index (κ3) is 2.81. The van der Waals surface area contributed by atoms with Crippen LogP contribution in [0.15, 0.2) is 18.2 Å². The van der Waals surface area contributed by atoms with Crippen LogP contribution in [0.2, 0.25) is 5.02 Å². The van der Waals surface area contributed by atoms with Gasteiger partial charge in [0.15, 0.2) is 0 Å². The highest BCUT2D eigenvalue weighted by Gasteiger charge is 2.27. The van der Waals surface area contributed by atoms with Crippen molar-refractivity contribution in [2.45, 2.75) is 25.6 Å². The highest BCUT2D eigenvalue weighted by atomic mass is 35.5. The summed E-state index contributed by atoms with van der Waals surface area (Å²) in [6.45, 7) is 5.46. The fraction of sp³-hybridized carbons (Fsp3) is 0.500. The van der Waals surface area contributed by atoms with E-state index in [-0.39, 0.29) is 11.3 Å². The predicted molar refractivity (Wildman–Crippen MR) is 75.5 cm³/mol. The zero-order valence-electron chi connectivity index (χ0n) is 10.6. The summed E-state index contributed by atoms with van der Waals surface area (Å²) in [5.74, 6) is 0.387. The van der Waals surface area contributed by atoms with Crippen LogP contribution in [0.3, 0.4) is 0 Å². The SMILES string of the molecule is Cc1ccc(C(=O)N2CCC(Cl)C(C)C2)cc1Cl. The summed E-state index contributed by atoms with van der Waals surface area (Å²) < 4.78 is 0. The molecule has 0 spiro atoms. The van der Waals surface area contributed by atoms with Crippen LogP contribution in [0.5, 0.6) is 0 Å². The smallest absolute Gasteiger partial charge is 0.253 e. The van der Waals surface area contributed by atoms with Crippen LogP contribution < -0.4 is 0 Å². The molecule has 0 aliphatic carbocycles. The van der Waals surface area contributed by atoms with E-state index in [1.165, 1.54) is 0 Å². The number of rotatable bonds is 1. The zero-order chi connectivity index (χ0) is 13.3. The number of alkyl halides is 1. The lowest BCUT2D eigenvalue weighted by atomic mass is 9.98. The Balaban J connectivity index is 2.14. The summed E-state index contributed by atoms with van der Waals surface area (Å²) in [6, 6.07) is 5.46. The van der Waals surface area contributed by atoms with E-state index < -0.39 is 0 Å². The molecule has 2 nitrogen and oxygen atoms in total. The van der Waals surface area contributed by atoms with E-state index in [9.17, 15) is 4.79 Å². The van der Waals surface area contributed by atoms with Crippen molar-refractivity contribution in [3.8, 4) is 0 Å². The van der Waals surface area contributed by atoms with Crippen molar-refractivity contribution in [2.75, 3.05) is 13.1 Å². The molecule has 2 unspecified atom stereocenters. The van der Waals surface area contributed by atoms with Crippen LogP contribution >= 0.6 is 23.2 Å². The average Bonchev–Trinajstić information content (AvgIpc) is 2.35. The van der Waals surface area contributed by atoms with E-state index in [4.69, 9.17) is 23.2 Å². The second-order valence-electron chi connectivity index (χ2n) is 5.00. The van der Waals surface area contributed by atoms with Gasteiger partial charge in [-0.1, -0.05) is 24.6 Å². The van der Waals surface area contributed by atoms with Gasteiger partial charge in [-0.25, -0.2) is 0 Å². The largest absolute Gasteiger partial charge is 0.338 e. The van der Waals surface area contributed by atoms with E-state index in [0.29, 0.717) is 16.5 Å². The van der Waals surface area contributed by atoms with Gasteiger partial charge in [-0.2, -0.15) is 0 Å². The average molecular weight is 286 g/mol. The van der Waals surface area contributed by atoms with Crippen LogP contribution in [-0.2, 0) is 0 Å². The Morgan fingerprint density at radius 2 is 2.17 bits per heavy atom. The van der Waals surface area contributed by atoms with Crippen LogP contribution in [0, 0.1) is 12.8 Å². The number of nitrogens with zero attached hydrogens (tertiary/aromatic N) is 1. The summed E-state index contributed by atoms with van der Waals surface area (Å²) in [7, 11) is 0. The van der Waals surface area contributed by atoms with Gasteiger partial charge < -0.3 is 4.90 Å². The van der Waals surface area contributed by atoms with Gasteiger partial charge in [-0.15, -0.1) is 11.6 Å². The Kier molecular flexibility index (Phi) is 4.18. The van der Waals surface area contributed by atoms with Crippen LogP contribution in [0.4, 0.5) is 0 Å². The van der Waals surface area contributed by atoms with Gasteiger partial charge in [-0.3, -0.25) is 4.79 Å². The first-order valence-corrected chi connectivity index (χ1v) is 7.00. The summed E-state index contributed by atoms with van der Waals surface area (Å²) in [5.41, 5.74) is 1.65. The Bertz CT molecular complexity index is 461. The highest BCUT2D eigenvalue weighted by molar-refractivity contribution is 6.31. The first-order valence-electron chi connectivity index (χ1n) is 6.18. The van der Waals surface area contributed by atoms with E-state index in [1.807, 2.05) is 24.0 Å². The number of carbonyl (C=O) groups is 1. The number of aryl methyl sites for hydroxylation is 1. The van der Waals surface area contributed by atoms with Crippen molar-refractivity contribution in [3.63, 3.8) is 0 Å². The Morgan fingerprint density at radius 3 is 2.78 bits per heavy atom. The Labute approximate surface area is 118 Å². The molecule has 1 aromatic rings. The molecule has 0 aromatic heterocycles. The quantitative estimate of drug-likeness (QED) is 0.720. The summed E-state index contributed by atoms with van der Waals surface area (Å²) in [4.78, 5) is 14.2. The van der Waals surface area contributed by atoms with Crippen molar-refractivity contribution in [2.24, 2.45) is 5.92 Å². The molecule has 1 aromatic carbocycles. The molecule has 2 atom stereocenters. The van der Waals surface area contributed by atoms with Crippen LogP contribution in [0.1, 0.15) is 29.3 Å². The number of halogens is 2. The first-order chi connectivity index (χ1) is 8.49. The van der Waals surface area contributed by atoms with Crippen LogP contribution in [0.25, 0.3) is 0 Å². The van der Waals surface area contributed by atoms with Crippen molar-refractivity contribution < 1.29 is 4.79 Å². The van der Waals surface area contributed by atoms with Gasteiger partial charge in [0.2, 0.25) is 0 Å². The fourth-order valence-electron chi connectivity index (χ4n) is 2.21. The predicted octanol–water partition coefficient (Wildman–Crippen LogP) is 3.74. The summed E-state index contributed by atoms with van der Waals surface area (Å²) in [6.07, 6.45) is 0.855. The molecule has 1 saturated heterocycles. The Morgan fingerprint density at radius 1 is 1.44 bits per heavy atom. The fourth-order valence-corrected chi connectivity index (χ4v) is 2.57. The number of carbonyl (C=O) groups excluding carboxylic acids is 1. The van der Waals surface area contributed by atoms with Gasteiger partial charge in [0.1, 0.15) is 0 Å². The standard InChI is InChI=1S/C14H17Cl2NO/c1-9-3-4-11(7-13(9)16)14(18)17-6-5-12(15)10(2)8-17/h3-4,7,10,12H,5-6,8H2,1-2H3. The topological polar surface area (TPSA) is 20.3 Å². The lowest BCUT2D eigenvalue weighted by molar-refractivity contribution is 0.0687. The van der Waals surface area contributed by atoms with E-state index in [2.05, 4.69) is 6.92 Å². The van der Waals surface area contributed by atoms with Crippen molar-refractivity contribution >= 4 is 29.1 Å². The molecule has 0 bridgehead atoms. The minimum absolute atomic E-state index is 0.0484. The lowest BCUT2D eigenvalue weighted by Crippen LogP contribution is -2.43. The maximum absolute atomic E-state index is 12.3. The minimum Gasteiger partial charge on any atom is -0.338 e. The molecule has 0 radical (unpaired) electrons. The molecule has 1 heterocycles. The molecule has 4 heteroatoms. The summed E-state index contributed by atoms with van der Waals surface area (Å²) >= 11 is 12.2. The molecule has 1 fully saturated rings. The van der Waals surface area contributed by atoms with Gasteiger partial charge in [0.25, 0.3) is 5.91 Å². The second kappa shape index (κ2) is 5.50. The normalized spacial score (nSPS) is 24.1. The summed E-state index contributed by atoms with van der Waals surface area (Å²) in [5, 5.41) is 0.816. The maximum Gasteiger partial charge on any atom is 0.253 e. The van der Waals surface area contributed by atoms with Gasteiger partial charge in [0, 0.05) is 29.1 Å². The third-order valence-corrected chi connectivity index (χ3v) is 4.56. The zero-order valence-corrected chi connectivity index (χ0v) is 12.1. The van der Waals surface area contributed by atoms with Gasteiger partial charge >= 0.3 is 0 Å². The molecular formula is C14H17Cl2NO. The molecule has 0 N–H and O–H groups in total. The maximum atomic E-state index is 12.3. The number of piperidine rings is 1.